The molecule has 0 atom stereocenters. The molecular formula is C14H12N2O4. The van der Waals surface area contributed by atoms with Crippen molar-refractivity contribution in [1.82, 2.24) is 10.3 Å². The van der Waals surface area contributed by atoms with Crippen molar-refractivity contribution in [2.45, 2.75) is 6.54 Å². The minimum Gasteiger partial charge on any atom is -0.507 e. The van der Waals surface area contributed by atoms with Crippen LogP contribution in [0.15, 0.2) is 42.6 Å². The summed E-state index contributed by atoms with van der Waals surface area (Å²) >= 11 is 0. The monoisotopic (exact) mass is 272 g/mol. The second-order valence-corrected chi connectivity index (χ2v) is 4.06. The van der Waals surface area contributed by atoms with Crippen molar-refractivity contribution in [1.29, 1.82) is 0 Å². The average Bonchev–Trinajstić information content (AvgIpc) is 2.45. The number of hydrogen-bond acceptors (Lipinski definition) is 4. The summed E-state index contributed by atoms with van der Waals surface area (Å²) in [4.78, 5) is 26.2. The van der Waals surface area contributed by atoms with Crippen LogP contribution in [0.1, 0.15) is 26.4 Å². The molecule has 102 valence electrons. The van der Waals surface area contributed by atoms with Crippen molar-refractivity contribution in [3.05, 3.63) is 59.4 Å². The highest BCUT2D eigenvalue weighted by Crippen LogP contribution is 2.15. The molecule has 0 unspecified atom stereocenters. The number of phenols is 1. The van der Waals surface area contributed by atoms with Crippen LogP contribution in [0.2, 0.25) is 0 Å². The number of carbonyl (C=O) groups is 2. The fourth-order valence-corrected chi connectivity index (χ4v) is 1.60. The average molecular weight is 272 g/mol. The van der Waals surface area contributed by atoms with Crippen molar-refractivity contribution in [3.8, 4) is 5.75 Å². The van der Waals surface area contributed by atoms with Gasteiger partial charge in [0.15, 0.2) is 0 Å². The number of aromatic hydroxyl groups is 1. The van der Waals surface area contributed by atoms with Crippen molar-refractivity contribution >= 4 is 11.9 Å². The van der Waals surface area contributed by atoms with Crippen LogP contribution < -0.4 is 5.32 Å². The van der Waals surface area contributed by atoms with E-state index in [9.17, 15) is 14.7 Å². The van der Waals surface area contributed by atoms with Crippen molar-refractivity contribution in [2.24, 2.45) is 0 Å². The zero-order valence-corrected chi connectivity index (χ0v) is 10.4. The molecule has 0 aliphatic carbocycles. The lowest BCUT2D eigenvalue weighted by Crippen LogP contribution is -2.23. The van der Waals surface area contributed by atoms with E-state index in [1.165, 1.54) is 24.4 Å². The Morgan fingerprint density at radius 1 is 1.15 bits per heavy atom. The topological polar surface area (TPSA) is 99.5 Å². The summed E-state index contributed by atoms with van der Waals surface area (Å²) in [5, 5.41) is 20.9. The number of benzene rings is 1. The second-order valence-electron chi connectivity index (χ2n) is 4.06. The standard InChI is InChI=1S/C14H12N2O4/c17-12-4-2-1-3-10(12)13(18)16-8-9-5-6-11(14(19)20)15-7-9/h1-7,17H,8H2,(H,16,18)(H,19,20). The molecule has 0 radical (unpaired) electrons. The number of nitrogens with zero attached hydrogens (tertiary/aromatic N) is 1. The summed E-state index contributed by atoms with van der Waals surface area (Å²) in [5.74, 6) is -1.61. The molecule has 2 aromatic rings. The molecule has 0 spiro atoms. The Morgan fingerprint density at radius 2 is 1.90 bits per heavy atom. The fourth-order valence-electron chi connectivity index (χ4n) is 1.60. The van der Waals surface area contributed by atoms with Crippen LogP contribution in [0, 0.1) is 0 Å². The normalized spacial score (nSPS) is 10.0. The molecule has 6 nitrogen and oxygen atoms in total. The van der Waals surface area contributed by atoms with E-state index in [4.69, 9.17) is 5.11 Å². The van der Waals surface area contributed by atoms with E-state index in [1.807, 2.05) is 0 Å². The summed E-state index contributed by atoms with van der Waals surface area (Å²) in [7, 11) is 0. The molecule has 0 fully saturated rings. The molecule has 20 heavy (non-hydrogen) atoms. The zero-order chi connectivity index (χ0) is 14.5. The van der Waals surface area contributed by atoms with Crippen LogP contribution in [0.25, 0.3) is 0 Å². The van der Waals surface area contributed by atoms with Gasteiger partial charge in [0.05, 0.1) is 5.56 Å². The number of rotatable bonds is 4. The number of pyridine rings is 1. The van der Waals surface area contributed by atoms with Gasteiger partial charge in [-0.1, -0.05) is 18.2 Å². The number of nitrogens with one attached hydrogen (secondary N) is 1. The quantitative estimate of drug-likeness (QED) is 0.781. The van der Waals surface area contributed by atoms with E-state index >= 15 is 0 Å². The summed E-state index contributed by atoms with van der Waals surface area (Å²) in [5.41, 5.74) is 0.794. The molecule has 3 N–H and O–H groups in total. The van der Waals surface area contributed by atoms with Gasteiger partial charge in [0.2, 0.25) is 0 Å². The first-order valence-electron chi connectivity index (χ1n) is 5.82. The predicted molar refractivity (Wildman–Crippen MR) is 70.5 cm³/mol. The van der Waals surface area contributed by atoms with Crippen LogP contribution in [-0.2, 0) is 6.54 Å². The Morgan fingerprint density at radius 3 is 2.50 bits per heavy atom. The van der Waals surface area contributed by atoms with Gasteiger partial charge in [0.1, 0.15) is 11.4 Å². The van der Waals surface area contributed by atoms with Gasteiger partial charge >= 0.3 is 5.97 Å². The van der Waals surface area contributed by atoms with Gasteiger partial charge in [-0.05, 0) is 23.8 Å². The zero-order valence-electron chi connectivity index (χ0n) is 10.4. The van der Waals surface area contributed by atoms with E-state index in [2.05, 4.69) is 10.3 Å². The van der Waals surface area contributed by atoms with Crippen LogP contribution in [-0.4, -0.2) is 27.1 Å². The van der Waals surface area contributed by atoms with Gasteiger partial charge in [0, 0.05) is 12.7 Å². The Bertz CT molecular complexity index is 638. The fraction of sp³-hybridized carbons (Fsp3) is 0.0714. The number of aromatic nitrogens is 1. The Hall–Kier alpha value is -2.89. The summed E-state index contributed by atoms with van der Waals surface area (Å²) in [6, 6.07) is 9.15. The third-order valence-electron chi connectivity index (χ3n) is 2.65. The van der Waals surface area contributed by atoms with Crippen LogP contribution in [0.5, 0.6) is 5.75 Å². The molecule has 0 saturated heterocycles. The first-order valence-corrected chi connectivity index (χ1v) is 5.82. The molecule has 1 heterocycles. The lowest BCUT2D eigenvalue weighted by atomic mass is 10.2. The van der Waals surface area contributed by atoms with Gasteiger partial charge in [-0.25, -0.2) is 9.78 Å². The number of carbonyl (C=O) groups excluding carboxylic acids is 1. The maximum absolute atomic E-state index is 11.8. The van der Waals surface area contributed by atoms with Crippen molar-refractivity contribution in [3.63, 3.8) is 0 Å². The minimum absolute atomic E-state index is 0.0548. The number of amides is 1. The highest BCUT2D eigenvalue weighted by Gasteiger charge is 2.10. The molecule has 0 saturated carbocycles. The van der Waals surface area contributed by atoms with Crippen LogP contribution in [0.3, 0.4) is 0 Å². The highest BCUT2D eigenvalue weighted by molar-refractivity contribution is 5.96. The SMILES string of the molecule is O=C(O)c1ccc(CNC(=O)c2ccccc2O)cn1. The van der Waals surface area contributed by atoms with E-state index in [0.29, 0.717) is 5.56 Å². The highest BCUT2D eigenvalue weighted by atomic mass is 16.4. The van der Waals surface area contributed by atoms with Crippen LogP contribution in [0.4, 0.5) is 0 Å². The van der Waals surface area contributed by atoms with E-state index in [-0.39, 0.29) is 23.6 Å². The summed E-state index contributed by atoms with van der Waals surface area (Å²) in [6.07, 6.45) is 1.38. The molecule has 0 aliphatic heterocycles. The maximum Gasteiger partial charge on any atom is 0.354 e. The molecular weight excluding hydrogens is 260 g/mol. The number of carboxylic acids is 1. The Kier molecular flexibility index (Phi) is 3.95. The van der Waals surface area contributed by atoms with Gasteiger partial charge < -0.3 is 15.5 Å². The van der Waals surface area contributed by atoms with Gasteiger partial charge in [-0.2, -0.15) is 0 Å². The van der Waals surface area contributed by atoms with Gasteiger partial charge in [-0.3, -0.25) is 4.79 Å². The number of carboxylic acid groups (broad SMARTS) is 1. The maximum atomic E-state index is 11.8. The largest absolute Gasteiger partial charge is 0.507 e. The number of aromatic carboxylic acids is 1. The van der Waals surface area contributed by atoms with E-state index in [0.717, 1.165) is 0 Å². The van der Waals surface area contributed by atoms with Gasteiger partial charge in [-0.15, -0.1) is 0 Å². The number of phenolic OH excluding ortho intramolecular Hbond substituents is 1. The third kappa shape index (κ3) is 3.11. The molecule has 0 bridgehead atoms. The lowest BCUT2D eigenvalue weighted by Gasteiger charge is -2.06. The minimum atomic E-state index is -1.10. The molecule has 0 aliphatic rings. The summed E-state index contributed by atoms with van der Waals surface area (Å²) < 4.78 is 0. The van der Waals surface area contributed by atoms with E-state index in [1.54, 1.807) is 18.2 Å². The van der Waals surface area contributed by atoms with Crippen LogP contribution >= 0.6 is 0 Å². The molecule has 1 aromatic heterocycles. The first-order chi connectivity index (χ1) is 9.58. The summed E-state index contributed by atoms with van der Waals surface area (Å²) in [6.45, 7) is 0.195. The lowest BCUT2D eigenvalue weighted by molar-refractivity contribution is 0.0690. The molecule has 2 rings (SSSR count). The molecule has 1 amide bonds. The Labute approximate surface area is 114 Å². The predicted octanol–water partition coefficient (Wildman–Crippen LogP) is 1.42. The molecule has 6 heteroatoms. The smallest absolute Gasteiger partial charge is 0.354 e. The number of para-hydroxylation sites is 1. The number of hydrogen-bond donors (Lipinski definition) is 3. The van der Waals surface area contributed by atoms with Crippen molar-refractivity contribution < 1.29 is 19.8 Å². The Balaban J connectivity index is 2.00. The molecule has 1 aromatic carbocycles. The first kappa shape index (κ1) is 13.5. The van der Waals surface area contributed by atoms with Gasteiger partial charge in [0.25, 0.3) is 5.91 Å². The second kappa shape index (κ2) is 5.83. The van der Waals surface area contributed by atoms with E-state index < -0.39 is 11.9 Å². The van der Waals surface area contributed by atoms with Crippen molar-refractivity contribution in [2.75, 3.05) is 0 Å². The third-order valence-corrected chi connectivity index (χ3v) is 2.65.